The summed E-state index contributed by atoms with van der Waals surface area (Å²) in [5.74, 6) is 0.677. The Hall–Kier alpha value is -2.21. The minimum absolute atomic E-state index is 0.00589. The Bertz CT molecular complexity index is 656. The first-order valence-corrected chi connectivity index (χ1v) is 8.59. The maximum absolute atomic E-state index is 12.2. The van der Waals surface area contributed by atoms with E-state index in [-0.39, 0.29) is 17.9 Å². The summed E-state index contributed by atoms with van der Waals surface area (Å²) in [6.07, 6.45) is 5.38. The molecule has 24 heavy (non-hydrogen) atoms. The van der Waals surface area contributed by atoms with E-state index in [1.165, 1.54) is 5.56 Å². The van der Waals surface area contributed by atoms with Gasteiger partial charge in [-0.3, -0.25) is 4.79 Å². The van der Waals surface area contributed by atoms with Gasteiger partial charge in [0.25, 0.3) is 0 Å². The number of benzene rings is 1. The lowest BCUT2D eigenvalue weighted by Crippen LogP contribution is -2.35. The number of carbonyl (C=O) groups is 1. The normalized spacial score (nSPS) is 20.7. The van der Waals surface area contributed by atoms with E-state index in [4.69, 9.17) is 0 Å². The summed E-state index contributed by atoms with van der Waals surface area (Å²) in [6, 6.07) is 10.3. The summed E-state index contributed by atoms with van der Waals surface area (Å²) in [6.45, 7) is 1.16. The average Bonchev–Trinajstić information content (AvgIpc) is 3.06. The Labute approximate surface area is 141 Å². The summed E-state index contributed by atoms with van der Waals surface area (Å²) in [5.41, 5.74) is 1.26. The highest BCUT2D eigenvalue weighted by Gasteiger charge is 2.26. The number of hydrogen-bond donors (Lipinski definition) is 2. The van der Waals surface area contributed by atoms with Crippen molar-refractivity contribution >= 4 is 5.91 Å². The Morgan fingerprint density at radius 2 is 2.12 bits per heavy atom. The van der Waals surface area contributed by atoms with E-state index in [9.17, 15) is 9.90 Å². The fraction of sp³-hybridized carbons (Fsp3) is 0.500. The zero-order valence-electron chi connectivity index (χ0n) is 13.8. The maximum atomic E-state index is 12.2. The Kier molecular flexibility index (Phi) is 5.59. The molecule has 1 aliphatic carbocycles. The molecule has 0 radical (unpaired) electrons. The largest absolute Gasteiger partial charge is 0.393 e. The predicted molar refractivity (Wildman–Crippen MR) is 90.0 cm³/mol. The molecule has 0 unspecified atom stereocenters. The molecule has 2 atom stereocenters. The molecule has 6 nitrogen and oxygen atoms in total. The molecule has 1 aromatic heterocycles. The van der Waals surface area contributed by atoms with Gasteiger partial charge in [0.2, 0.25) is 5.91 Å². The zero-order chi connectivity index (χ0) is 16.8. The van der Waals surface area contributed by atoms with Crippen molar-refractivity contribution in [3.63, 3.8) is 0 Å². The van der Waals surface area contributed by atoms with Gasteiger partial charge in [0.05, 0.1) is 12.6 Å². The molecule has 1 fully saturated rings. The molecule has 1 saturated carbocycles. The molecule has 0 aliphatic heterocycles. The van der Waals surface area contributed by atoms with Crippen molar-refractivity contribution in [2.75, 3.05) is 0 Å². The van der Waals surface area contributed by atoms with Crippen molar-refractivity contribution in [2.45, 2.75) is 51.3 Å². The lowest BCUT2D eigenvalue weighted by Gasteiger charge is -2.24. The van der Waals surface area contributed by atoms with Crippen LogP contribution in [-0.2, 0) is 24.3 Å². The molecule has 0 bridgehead atoms. The summed E-state index contributed by atoms with van der Waals surface area (Å²) < 4.78 is 1.98. The van der Waals surface area contributed by atoms with Crippen molar-refractivity contribution in [3.8, 4) is 0 Å². The summed E-state index contributed by atoms with van der Waals surface area (Å²) >= 11 is 0. The fourth-order valence-corrected chi connectivity index (χ4v) is 3.21. The first kappa shape index (κ1) is 16.6. The second kappa shape index (κ2) is 8.06. The first-order chi connectivity index (χ1) is 11.7. The molecular formula is C18H24N4O2. The number of rotatable bonds is 6. The minimum Gasteiger partial charge on any atom is -0.393 e. The van der Waals surface area contributed by atoms with Crippen LogP contribution in [0.1, 0.15) is 37.1 Å². The first-order valence-electron chi connectivity index (χ1n) is 8.59. The van der Waals surface area contributed by atoms with Crippen LogP contribution in [0.15, 0.2) is 36.7 Å². The van der Waals surface area contributed by atoms with E-state index in [2.05, 4.69) is 27.6 Å². The van der Waals surface area contributed by atoms with Gasteiger partial charge in [-0.05, 0) is 31.2 Å². The second-order valence-corrected chi connectivity index (χ2v) is 6.41. The summed E-state index contributed by atoms with van der Waals surface area (Å²) in [5, 5.41) is 20.7. The van der Waals surface area contributed by atoms with Crippen LogP contribution in [0.2, 0.25) is 0 Å². The lowest BCUT2D eigenvalue weighted by atomic mass is 9.87. The van der Waals surface area contributed by atoms with Crippen LogP contribution in [0.5, 0.6) is 0 Å². The van der Waals surface area contributed by atoms with Crippen molar-refractivity contribution in [1.29, 1.82) is 0 Å². The quantitative estimate of drug-likeness (QED) is 0.845. The average molecular weight is 328 g/mol. The van der Waals surface area contributed by atoms with Gasteiger partial charge in [0.15, 0.2) is 5.82 Å². The van der Waals surface area contributed by atoms with Crippen LogP contribution in [-0.4, -0.2) is 31.9 Å². The third-order valence-corrected chi connectivity index (χ3v) is 4.62. The topological polar surface area (TPSA) is 80.0 Å². The van der Waals surface area contributed by atoms with Crippen molar-refractivity contribution < 1.29 is 9.90 Å². The number of nitrogens with zero attached hydrogens (tertiary/aromatic N) is 3. The Balaban J connectivity index is 1.51. The number of nitrogens with one attached hydrogen (secondary N) is 1. The standard InChI is InChI=1S/C18H24N4O2/c23-16-8-4-7-15(11-16)18(24)19-12-17-21-20-13-22(17)10-9-14-5-2-1-3-6-14/h1-3,5-6,13,15-16,23H,4,7-12H2,(H,19,24)/t15-,16+/m1/s1. The van der Waals surface area contributed by atoms with E-state index in [0.29, 0.717) is 13.0 Å². The zero-order valence-corrected chi connectivity index (χ0v) is 13.8. The number of aliphatic hydroxyl groups is 1. The second-order valence-electron chi connectivity index (χ2n) is 6.41. The maximum Gasteiger partial charge on any atom is 0.223 e. The smallest absolute Gasteiger partial charge is 0.223 e. The Morgan fingerprint density at radius 1 is 1.29 bits per heavy atom. The van der Waals surface area contributed by atoms with Crippen molar-refractivity contribution in [1.82, 2.24) is 20.1 Å². The van der Waals surface area contributed by atoms with E-state index in [1.807, 2.05) is 22.8 Å². The molecule has 0 spiro atoms. The molecule has 6 heteroatoms. The summed E-state index contributed by atoms with van der Waals surface area (Å²) in [7, 11) is 0. The minimum atomic E-state index is -0.343. The van der Waals surface area contributed by atoms with Crippen molar-refractivity contribution in [2.24, 2.45) is 5.92 Å². The molecule has 2 N–H and O–H groups in total. The highest BCUT2D eigenvalue weighted by Crippen LogP contribution is 2.24. The number of hydrogen-bond acceptors (Lipinski definition) is 4. The number of aromatic nitrogens is 3. The number of amides is 1. The van der Waals surface area contributed by atoms with Crippen LogP contribution < -0.4 is 5.32 Å². The molecule has 3 rings (SSSR count). The molecule has 1 amide bonds. The van der Waals surface area contributed by atoms with Crippen LogP contribution in [0.4, 0.5) is 0 Å². The van der Waals surface area contributed by atoms with Gasteiger partial charge in [0, 0.05) is 12.5 Å². The molecule has 128 valence electrons. The van der Waals surface area contributed by atoms with Crippen LogP contribution >= 0.6 is 0 Å². The van der Waals surface area contributed by atoms with E-state index in [1.54, 1.807) is 6.33 Å². The third kappa shape index (κ3) is 4.41. The van der Waals surface area contributed by atoms with Gasteiger partial charge in [-0.1, -0.05) is 36.8 Å². The molecule has 2 aromatic rings. The Morgan fingerprint density at radius 3 is 2.92 bits per heavy atom. The van der Waals surface area contributed by atoms with Crippen LogP contribution in [0, 0.1) is 5.92 Å². The number of carbonyl (C=O) groups excluding carboxylic acids is 1. The van der Waals surface area contributed by atoms with E-state index >= 15 is 0 Å². The predicted octanol–water partition coefficient (Wildman–Crippen LogP) is 1.69. The highest BCUT2D eigenvalue weighted by atomic mass is 16.3. The highest BCUT2D eigenvalue weighted by molar-refractivity contribution is 5.78. The van der Waals surface area contributed by atoms with Crippen LogP contribution in [0.3, 0.4) is 0 Å². The van der Waals surface area contributed by atoms with Gasteiger partial charge in [-0.25, -0.2) is 0 Å². The molecular weight excluding hydrogens is 304 g/mol. The summed E-state index contributed by atoms with van der Waals surface area (Å²) in [4.78, 5) is 12.2. The van der Waals surface area contributed by atoms with E-state index in [0.717, 1.165) is 38.1 Å². The monoisotopic (exact) mass is 328 g/mol. The third-order valence-electron chi connectivity index (χ3n) is 4.62. The van der Waals surface area contributed by atoms with Gasteiger partial charge < -0.3 is 15.0 Å². The molecule has 1 aliphatic rings. The lowest BCUT2D eigenvalue weighted by molar-refractivity contribution is -0.127. The van der Waals surface area contributed by atoms with E-state index < -0.39 is 0 Å². The van der Waals surface area contributed by atoms with Crippen LogP contribution in [0.25, 0.3) is 0 Å². The SMILES string of the molecule is O=C(NCc1nncn1CCc1ccccc1)[C@@H]1CCC[C@H](O)C1. The van der Waals surface area contributed by atoms with Gasteiger partial charge in [-0.15, -0.1) is 10.2 Å². The molecule has 1 heterocycles. The van der Waals surface area contributed by atoms with Crippen molar-refractivity contribution in [3.05, 3.63) is 48.0 Å². The van der Waals surface area contributed by atoms with Gasteiger partial charge in [0.1, 0.15) is 6.33 Å². The van der Waals surface area contributed by atoms with Gasteiger partial charge in [-0.2, -0.15) is 0 Å². The van der Waals surface area contributed by atoms with Gasteiger partial charge >= 0.3 is 0 Å². The molecule has 1 aromatic carbocycles. The fourth-order valence-electron chi connectivity index (χ4n) is 3.21. The molecule has 0 saturated heterocycles. The number of aliphatic hydroxyl groups excluding tert-OH is 1. The number of aryl methyl sites for hydroxylation is 2.